The van der Waals surface area contributed by atoms with Crippen LogP contribution in [0.2, 0.25) is 0 Å². The molecule has 1 aromatic carbocycles. The maximum absolute atomic E-state index is 11.5. The molecule has 0 amide bonds. The van der Waals surface area contributed by atoms with Crippen molar-refractivity contribution in [3.63, 3.8) is 0 Å². The van der Waals surface area contributed by atoms with Gasteiger partial charge in [-0.2, -0.15) is 0 Å². The summed E-state index contributed by atoms with van der Waals surface area (Å²) in [6.45, 7) is 3.57. The number of aliphatic carboxylic acids is 1. The molecule has 2 N–H and O–H groups in total. The number of hydrogen-bond acceptors (Lipinski definition) is 5. The Morgan fingerprint density at radius 1 is 1.40 bits per heavy atom. The predicted molar refractivity (Wildman–Crippen MR) is 67.8 cm³/mol. The van der Waals surface area contributed by atoms with E-state index in [1.165, 1.54) is 13.2 Å². The monoisotopic (exact) mass is 285 g/mol. The molecule has 0 aromatic heterocycles. The van der Waals surface area contributed by atoms with E-state index in [9.17, 15) is 14.7 Å². The van der Waals surface area contributed by atoms with Crippen LogP contribution in [-0.2, 0) is 20.7 Å². The molecule has 102 valence electrons. The van der Waals surface area contributed by atoms with E-state index in [4.69, 9.17) is 5.73 Å². The largest absolute Gasteiger partial charge is 1.00 e. The van der Waals surface area contributed by atoms with Gasteiger partial charge in [-0.05, 0) is 11.1 Å². The van der Waals surface area contributed by atoms with Gasteiger partial charge >= 0.3 is 35.5 Å². The molecule has 5 nitrogen and oxygen atoms in total. The molecule has 20 heavy (non-hydrogen) atoms. The molecule has 0 fully saturated rings. The van der Waals surface area contributed by atoms with Crippen molar-refractivity contribution in [3.05, 3.63) is 48.0 Å². The first kappa shape index (κ1) is 18.9. The van der Waals surface area contributed by atoms with Crippen LogP contribution in [0.1, 0.15) is 17.2 Å². The van der Waals surface area contributed by atoms with Crippen LogP contribution in [0.15, 0.2) is 36.9 Å². The van der Waals surface area contributed by atoms with E-state index in [0.29, 0.717) is 11.1 Å². The normalized spacial score (nSPS) is 12.7. The van der Waals surface area contributed by atoms with Gasteiger partial charge < -0.3 is 20.4 Å². The van der Waals surface area contributed by atoms with E-state index >= 15 is 0 Å². The second-order valence-corrected chi connectivity index (χ2v) is 4.10. The van der Waals surface area contributed by atoms with Gasteiger partial charge in [-0.3, -0.25) is 4.79 Å². The Bertz CT molecular complexity index is 473. The Balaban J connectivity index is 0.00000361. The molecule has 0 radical (unpaired) electrons. The summed E-state index contributed by atoms with van der Waals surface area (Å²) in [4.78, 5) is 22.0. The number of esters is 1. The third kappa shape index (κ3) is 5.09. The number of rotatable bonds is 6. The van der Waals surface area contributed by atoms with Crippen molar-refractivity contribution in [1.82, 2.24) is 0 Å². The molecule has 0 aliphatic heterocycles. The van der Waals surface area contributed by atoms with E-state index in [1.807, 2.05) is 0 Å². The maximum Gasteiger partial charge on any atom is 1.00 e. The van der Waals surface area contributed by atoms with E-state index < -0.39 is 23.9 Å². The van der Waals surface area contributed by atoms with Gasteiger partial charge in [-0.25, -0.2) is 0 Å². The molecular formula is C14H16NNaO4. The molecule has 0 spiro atoms. The molecular weight excluding hydrogens is 269 g/mol. The van der Waals surface area contributed by atoms with Crippen LogP contribution < -0.4 is 40.4 Å². The average molecular weight is 285 g/mol. The second-order valence-electron chi connectivity index (χ2n) is 4.10. The van der Waals surface area contributed by atoms with Crippen molar-refractivity contribution in [3.8, 4) is 0 Å². The molecule has 6 heteroatoms. The molecule has 2 atom stereocenters. The molecule has 0 aliphatic rings. The Morgan fingerprint density at radius 3 is 2.35 bits per heavy atom. The van der Waals surface area contributed by atoms with Crippen molar-refractivity contribution in [2.45, 2.75) is 12.5 Å². The molecule has 0 saturated carbocycles. The van der Waals surface area contributed by atoms with Gasteiger partial charge in [0.1, 0.15) is 0 Å². The van der Waals surface area contributed by atoms with Crippen molar-refractivity contribution >= 4 is 11.9 Å². The minimum Gasteiger partial charge on any atom is -0.550 e. The van der Waals surface area contributed by atoms with E-state index in [2.05, 4.69) is 11.3 Å². The minimum absolute atomic E-state index is 0. The van der Waals surface area contributed by atoms with Gasteiger partial charge in [-0.15, -0.1) is 6.58 Å². The number of benzene rings is 1. The van der Waals surface area contributed by atoms with Gasteiger partial charge in [0.05, 0.1) is 13.0 Å². The number of hydrogen-bond donors (Lipinski definition) is 1. The van der Waals surface area contributed by atoms with E-state index in [-0.39, 0.29) is 36.0 Å². The Hall–Kier alpha value is -1.14. The van der Waals surface area contributed by atoms with E-state index in [1.54, 1.807) is 24.3 Å². The minimum atomic E-state index is -1.14. The number of carbonyl (C=O) groups excluding carboxylic acids is 2. The van der Waals surface area contributed by atoms with Crippen LogP contribution in [0.3, 0.4) is 0 Å². The van der Waals surface area contributed by atoms with Crippen LogP contribution in [0, 0.1) is 5.92 Å². The zero-order valence-corrected chi connectivity index (χ0v) is 13.7. The summed E-state index contributed by atoms with van der Waals surface area (Å²) in [5.74, 6) is -2.24. The van der Waals surface area contributed by atoms with Crippen molar-refractivity contribution in [2.75, 3.05) is 7.11 Å². The maximum atomic E-state index is 11.5. The fraction of sp³-hybridized carbons (Fsp3) is 0.286. The standard InChI is InChI=1S/C14H17NO4.Na/c1-3-11(14(18)19-2)13(15)10-6-4-9(5-7-10)8-12(16)17;/h3-7,11,13H,1,8,15H2,2H3,(H,16,17);/q;+1/p-1. The number of carboxylic acids is 1. The SMILES string of the molecule is C=CC(C(=O)OC)C(N)c1ccc(CC(=O)[O-])cc1.[Na+]. The van der Waals surface area contributed by atoms with Crippen LogP contribution in [-0.4, -0.2) is 19.0 Å². The first-order valence-corrected chi connectivity index (χ1v) is 5.74. The van der Waals surface area contributed by atoms with E-state index in [0.717, 1.165) is 0 Å². The predicted octanol–water partition coefficient (Wildman–Crippen LogP) is -3.04. The quantitative estimate of drug-likeness (QED) is 0.341. The summed E-state index contributed by atoms with van der Waals surface area (Å²) in [7, 11) is 1.29. The summed E-state index contributed by atoms with van der Waals surface area (Å²) < 4.78 is 4.65. The van der Waals surface area contributed by atoms with Crippen LogP contribution in [0.5, 0.6) is 0 Å². The summed E-state index contributed by atoms with van der Waals surface area (Å²) in [5.41, 5.74) is 7.30. The first-order chi connectivity index (χ1) is 8.99. The van der Waals surface area contributed by atoms with Crippen molar-refractivity contribution in [1.29, 1.82) is 0 Å². The van der Waals surface area contributed by atoms with Gasteiger partial charge in [0.25, 0.3) is 0 Å². The van der Waals surface area contributed by atoms with Gasteiger partial charge in [0.15, 0.2) is 0 Å². The van der Waals surface area contributed by atoms with Gasteiger partial charge in [-0.1, -0.05) is 30.3 Å². The smallest absolute Gasteiger partial charge is 0.550 e. The van der Waals surface area contributed by atoms with Crippen LogP contribution in [0.25, 0.3) is 0 Å². The fourth-order valence-corrected chi connectivity index (χ4v) is 1.76. The summed E-state index contributed by atoms with van der Waals surface area (Å²) in [5, 5.41) is 10.5. The topological polar surface area (TPSA) is 92.5 Å². The fourth-order valence-electron chi connectivity index (χ4n) is 1.76. The first-order valence-electron chi connectivity index (χ1n) is 5.74. The number of carbonyl (C=O) groups is 2. The molecule has 0 heterocycles. The molecule has 0 bridgehead atoms. The summed E-state index contributed by atoms with van der Waals surface area (Å²) in [6.07, 6.45) is 1.28. The zero-order chi connectivity index (χ0) is 14.4. The Kier molecular flexibility index (Phi) is 8.41. The number of nitrogens with two attached hydrogens (primary N) is 1. The Morgan fingerprint density at radius 2 is 1.95 bits per heavy atom. The number of methoxy groups -OCH3 is 1. The van der Waals surface area contributed by atoms with Crippen LogP contribution in [0.4, 0.5) is 0 Å². The second kappa shape index (κ2) is 8.92. The van der Waals surface area contributed by atoms with Gasteiger partial charge in [0, 0.05) is 18.4 Å². The number of ether oxygens (including phenoxy) is 1. The molecule has 2 unspecified atom stereocenters. The zero-order valence-electron chi connectivity index (χ0n) is 11.7. The molecule has 0 saturated heterocycles. The third-order valence-electron chi connectivity index (χ3n) is 2.83. The van der Waals surface area contributed by atoms with Crippen molar-refractivity contribution < 1.29 is 49.0 Å². The Labute approximate surface area is 140 Å². The molecule has 1 rings (SSSR count). The van der Waals surface area contributed by atoms with Crippen LogP contribution >= 0.6 is 0 Å². The average Bonchev–Trinajstić information content (AvgIpc) is 2.39. The number of carboxylic acid groups (broad SMARTS) is 1. The molecule has 0 aliphatic carbocycles. The third-order valence-corrected chi connectivity index (χ3v) is 2.83. The molecule has 1 aromatic rings. The van der Waals surface area contributed by atoms with Crippen molar-refractivity contribution in [2.24, 2.45) is 11.7 Å². The summed E-state index contributed by atoms with van der Waals surface area (Å²) in [6, 6.07) is 6.07. The summed E-state index contributed by atoms with van der Waals surface area (Å²) >= 11 is 0. The van der Waals surface area contributed by atoms with Gasteiger partial charge in [0.2, 0.25) is 0 Å².